The van der Waals surface area contributed by atoms with Gasteiger partial charge in [0.25, 0.3) is 0 Å². The first-order valence-electron chi connectivity index (χ1n) is 6.88. The Morgan fingerprint density at radius 2 is 1.80 bits per heavy atom. The molecule has 0 heterocycles. The molecule has 3 heteroatoms. The quantitative estimate of drug-likeness (QED) is 0.784. The van der Waals surface area contributed by atoms with Crippen molar-refractivity contribution in [3.63, 3.8) is 0 Å². The van der Waals surface area contributed by atoms with Gasteiger partial charge in [0.05, 0.1) is 6.61 Å². The summed E-state index contributed by atoms with van der Waals surface area (Å²) in [6.45, 7) is 1.51. The summed E-state index contributed by atoms with van der Waals surface area (Å²) in [6.07, 6.45) is 1.98. The number of hydrogen-bond donors (Lipinski definition) is 1. The van der Waals surface area contributed by atoms with Gasteiger partial charge in [-0.05, 0) is 41.7 Å². The van der Waals surface area contributed by atoms with Gasteiger partial charge in [0, 0.05) is 13.2 Å². The van der Waals surface area contributed by atoms with E-state index in [2.05, 4.69) is 12.1 Å². The smallest absolute Gasteiger partial charge is 0.123 e. The molecule has 0 bridgehead atoms. The monoisotopic (exact) mass is 273 g/mol. The molecule has 0 aliphatic heterocycles. The van der Waals surface area contributed by atoms with Crippen LogP contribution in [0.3, 0.4) is 0 Å². The molecule has 0 aliphatic rings. The van der Waals surface area contributed by atoms with Crippen LogP contribution in [0.5, 0.6) is 0 Å². The maximum atomic E-state index is 13.1. The second-order valence-electron chi connectivity index (χ2n) is 4.76. The molecule has 0 amide bonds. The lowest BCUT2D eigenvalue weighted by atomic mass is 10.1. The molecular formula is C17H20FNO. The topological polar surface area (TPSA) is 35.2 Å². The van der Waals surface area contributed by atoms with Crippen molar-refractivity contribution in [3.05, 3.63) is 71.0 Å². The Bertz CT molecular complexity index is 528. The predicted molar refractivity (Wildman–Crippen MR) is 78.7 cm³/mol. The van der Waals surface area contributed by atoms with Gasteiger partial charge in [0.2, 0.25) is 0 Å². The first-order chi connectivity index (χ1) is 9.79. The Morgan fingerprint density at radius 3 is 2.55 bits per heavy atom. The summed E-state index contributed by atoms with van der Waals surface area (Å²) < 4.78 is 18.7. The molecule has 0 aliphatic carbocycles. The summed E-state index contributed by atoms with van der Waals surface area (Å²) in [4.78, 5) is 0. The van der Waals surface area contributed by atoms with Gasteiger partial charge in [-0.1, -0.05) is 36.4 Å². The average Bonchev–Trinajstić information content (AvgIpc) is 2.49. The van der Waals surface area contributed by atoms with Crippen LogP contribution >= 0.6 is 0 Å². The standard InChI is InChI=1S/C17H20FNO/c18-17-9-8-15(16(11-17)12-19)13-20-10-4-7-14-5-2-1-3-6-14/h1-3,5-6,8-9,11H,4,7,10,12-13,19H2. The summed E-state index contributed by atoms with van der Waals surface area (Å²) in [7, 11) is 0. The van der Waals surface area contributed by atoms with Crippen LogP contribution in [-0.4, -0.2) is 6.61 Å². The fraction of sp³-hybridized carbons (Fsp3) is 0.294. The van der Waals surface area contributed by atoms with Crippen LogP contribution in [0.15, 0.2) is 48.5 Å². The molecule has 0 saturated heterocycles. The molecule has 2 rings (SSSR count). The van der Waals surface area contributed by atoms with Gasteiger partial charge in [0.15, 0.2) is 0 Å². The molecule has 2 aromatic carbocycles. The SMILES string of the molecule is NCc1cc(F)ccc1COCCCc1ccccc1. The minimum atomic E-state index is -0.252. The van der Waals surface area contributed by atoms with Crippen molar-refractivity contribution in [2.45, 2.75) is 26.0 Å². The highest BCUT2D eigenvalue weighted by molar-refractivity contribution is 5.27. The minimum Gasteiger partial charge on any atom is -0.377 e. The number of aryl methyl sites for hydroxylation is 1. The molecule has 2 aromatic rings. The van der Waals surface area contributed by atoms with Crippen molar-refractivity contribution < 1.29 is 9.13 Å². The van der Waals surface area contributed by atoms with Crippen LogP contribution in [0.2, 0.25) is 0 Å². The molecule has 20 heavy (non-hydrogen) atoms. The number of rotatable bonds is 7. The maximum absolute atomic E-state index is 13.1. The van der Waals surface area contributed by atoms with Gasteiger partial charge in [-0.3, -0.25) is 0 Å². The summed E-state index contributed by atoms with van der Waals surface area (Å²) in [6, 6.07) is 15.0. The van der Waals surface area contributed by atoms with E-state index in [0.717, 1.165) is 24.0 Å². The van der Waals surface area contributed by atoms with E-state index in [0.29, 0.717) is 19.8 Å². The van der Waals surface area contributed by atoms with E-state index in [4.69, 9.17) is 10.5 Å². The second kappa shape index (κ2) is 7.78. The van der Waals surface area contributed by atoms with Crippen molar-refractivity contribution in [2.24, 2.45) is 5.73 Å². The third-order valence-electron chi connectivity index (χ3n) is 3.24. The van der Waals surface area contributed by atoms with E-state index in [-0.39, 0.29) is 5.82 Å². The van der Waals surface area contributed by atoms with Gasteiger partial charge in [-0.2, -0.15) is 0 Å². The summed E-state index contributed by atoms with van der Waals surface area (Å²) in [5, 5.41) is 0. The van der Waals surface area contributed by atoms with Gasteiger partial charge in [-0.15, -0.1) is 0 Å². The van der Waals surface area contributed by atoms with Gasteiger partial charge >= 0.3 is 0 Å². The summed E-state index contributed by atoms with van der Waals surface area (Å²) in [5.41, 5.74) is 8.70. The van der Waals surface area contributed by atoms with Crippen LogP contribution in [0.1, 0.15) is 23.1 Å². The molecular weight excluding hydrogens is 253 g/mol. The van der Waals surface area contributed by atoms with Crippen molar-refractivity contribution in [1.29, 1.82) is 0 Å². The molecule has 0 spiro atoms. The van der Waals surface area contributed by atoms with Crippen LogP contribution in [0.4, 0.5) is 4.39 Å². The van der Waals surface area contributed by atoms with Gasteiger partial charge < -0.3 is 10.5 Å². The number of hydrogen-bond acceptors (Lipinski definition) is 2. The molecule has 0 unspecified atom stereocenters. The van der Waals surface area contributed by atoms with Gasteiger partial charge in [-0.25, -0.2) is 4.39 Å². The average molecular weight is 273 g/mol. The lowest BCUT2D eigenvalue weighted by Gasteiger charge is -2.09. The lowest BCUT2D eigenvalue weighted by Crippen LogP contribution is -2.05. The minimum absolute atomic E-state index is 0.252. The highest BCUT2D eigenvalue weighted by atomic mass is 19.1. The number of ether oxygens (including phenoxy) is 1. The Balaban J connectivity index is 1.73. The fourth-order valence-corrected chi connectivity index (χ4v) is 2.13. The first-order valence-corrected chi connectivity index (χ1v) is 6.88. The van der Waals surface area contributed by atoms with Crippen LogP contribution in [-0.2, 0) is 24.3 Å². The molecule has 0 radical (unpaired) electrons. The molecule has 106 valence electrons. The molecule has 0 saturated carbocycles. The Hall–Kier alpha value is -1.71. The Labute approximate surface area is 119 Å². The zero-order valence-electron chi connectivity index (χ0n) is 11.5. The molecule has 0 fully saturated rings. The van der Waals surface area contributed by atoms with Crippen molar-refractivity contribution >= 4 is 0 Å². The van der Waals surface area contributed by atoms with Crippen LogP contribution in [0, 0.1) is 5.82 Å². The Morgan fingerprint density at radius 1 is 1.00 bits per heavy atom. The molecule has 2 N–H and O–H groups in total. The summed E-state index contributed by atoms with van der Waals surface area (Å²) >= 11 is 0. The zero-order chi connectivity index (χ0) is 14.2. The highest BCUT2D eigenvalue weighted by Gasteiger charge is 2.03. The zero-order valence-corrected chi connectivity index (χ0v) is 11.5. The summed E-state index contributed by atoms with van der Waals surface area (Å²) in [5.74, 6) is -0.252. The molecule has 0 atom stereocenters. The Kier molecular flexibility index (Phi) is 5.71. The number of benzene rings is 2. The van der Waals surface area contributed by atoms with E-state index in [1.54, 1.807) is 6.07 Å². The number of nitrogens with two attached hydrogens (primary N) is 1. The largest absolute Gasteiger partial charge is 0.377 e. The lowest BCUT2D eigenvalue weighted by molar-refractivity contribution is 0.118. The van der Waals surface area contributed by atoms with Crippen molar-refractivity contribution in [3.8, 4) is 0 Å². The normalized spacial score (nSPS) is 10.7. The van der Waals surface area contributed by atoms with E-state index in [1.165, 1.54) is 17.7 Å². The van der Waals surface area contributed by atoms with E-state index in [1.807, 2.05) is 18.2 Å². The van der Waals surface area contributed by atoms with Crippen molar-refractivity contribution in [1.82, 2.24) is 0 Å². The highest BCUT2D eigenvalue weighted by Crippen LogP contribution is 2.12. The van der Waals surface area contributed by atoms with Crippen LogP contribution in [0.25, 0.3) is 0 Å². The molecule has 0 aromatic heterocycles. The van der Waals surface area contributed by atoms with Crippen LogP contribution < -0.4 is 5.73 Å². The fourth-order valence-electron chi connectivity index (χ4n) is 2.13. The van der Waals surface area contributed by atoms with Gasteiger partial charge in [0.1, 0.15) is 5.82 Å². The third kappa shape index (κ3) is 4.44. The second-order valence-corrected chi connectivity index (χ2v) is 4.76. The van der Waals surface area contributed by atoms with Crippen molar-refractivity contribution in [2.75, 3.05) is 6.61 Å². The van der Waals surface area contributed by atoms with E-state index < -0.39 is 0 Å². The first kappa shape index (κ1) is 14.7. The maximum Gasteiger partial charge on any atom is 0.123 e. The van der Waals surface area contributed by atoms with E-state index in [9.17, 15) is 4.39 Å². The number of halogens is 1. The molecule has 2 nitrogen and oxygen atoms in total. The third-order valence-corrected chi connectivity index (χ3v) is 3.24. The van der Waals surface area contributed by atoms with E-state index >= 15 is 0 Å². The predicted octanol–water partition coefficient (Wildman–Crippen LogP) is 3.43.